The second-order valence-electron chi connectivity index (χ2n) is 5.14. The maximum Gasteiger partial charge on any atom is 0.312 e. The number of benzene rings is 1. The zero-order valence-corrected chi connectivity index (χ0v) is 11.7. The molecular formula is C15H19NO3. The van der Waals surface area contributed by atoms with Crippen molar-refractivity contribution in [1.29, 1.82) is 0 Å². The van der Waals surface area contributed by atoms with Gasteiger partial charge in [-0.15, -0.1) is 0 Å². The number of hydrogen-bond acceptors (Lipinski definition) is 2. The summed E-state index contributed by atoms with van der Waals surface area (Å²) >= 11 is 0. The molecule has 2 N–H and O–H groups in total. The Morgan fingerprint density at radius 2 is 2.05 bits per heavy atom. The van der Waals surface area contributed by atoms with Gasteiger partial charge in [0, 0.05) is 16.6 Å². The number of aliphatic carboxylic acids is 1. The SMILES string of the molecule is COc1ccc2[nH]c(C(C(=O)O)C(C)C)c(C)c2c1. The fourth-order valence-corrected chi connectivity index (χ4v) is 2.51. The molecule has 0 amide bonds. The van der Waals surface area contributed by atoms with E-state index in [1.807, 2.05) is 39.0 Å². The first-order valence-corrected chi connectivity index (χ1v) is 6.34. The zero-order chi connectivity index (χ0) is 14.2. The molecule has 1 atom stereocenters. The smallest absolute Gasteiger partial charge is 0.312 e. The second-order valence-corrected chi connectivity index (χ2v) is 5.14. The number of carbonyl (C=O) groups is 1. The van der Waals surface area contributed by atoms with Crippen molar-refractivity contribution >= 4 is 16.9 Å². The van der Waals surface area contributed by atoms with E-state index in [9.17, 15) is 9.90 Å². The Hall–Kier alpha value is -1.97. The molecule has 4 nitrogen and oxygen atoms in total. The van der Waals surface area contributed by atoms with Crippen molar-refractivity contribution in [3.63, 3.8) is 0 Å². The molecule has 0 aliphatic rings. The van der Waals surface area contributed by atoms with Crippen molar-refractivity contribution in [3.8, 4) is 5.75 Å². The van der Waals surface area contributed by atoms with Crippen LogP contribution in [0.2, 0.25) is 0 Å². The van der Waals surface area contributed by atoms with Crippen LogP contribution in [-0.2, 0) is 4.79 Å². The number of fused-ring (bicyclic) bond motifs is 1. The molecule has 19 heavy (non-hydrogen) atoms. The van der Waals surface area contributed by atoms with Crippen LogP contribution in [0.4, 0.5) is 0 Å². The van der Waals surface area contributed by atoms with Gasteiger partial charge in [-0.3, -0.25) is 4.79 Å². The highest BCUT2D eigenvalue weighted by Crippen LogP contribution is 2.33. The highest BCUT2D eigenvalue weighted by Gasteiger charge is 2.27. The molecule has 2 aromatic rings. The number of H-pyrrole nitrogens is 1. The van der Waals surface area contributed by atoms with E-state index in [-0.39, 0.29) is 5.92 Å². The van der Waals surface area contributed by atoms with Gasteiger partial charge in [-0.1, -0.05) is 13.8 Å². The topological polar surface area (TPSA) is 62.3 Å². The van der Waals surface area contributed by atoms with Gasteiger partial charge in [0.1, 0.15) is 5.75 Å². The predicted octanol–water partition coefficient (Wildman–Crippen LogP) is 3.31. The number of carboxylic acids is 1. The largest absolute Gasteiger partial charge is 0.497 e. The van der Waals surface area contributed by atoms with E-state index in [0.717, 1.165) is 27.9 Å². The van der Waals surface area contributed by atoms with Gasteiger partial charge in [0.15, 0.2) is 0 Å². The maximum atomic E-state index is 11.4. The van der Waals surface area contributed by atoms with Gasteiger partial charge in [0.25, 0.3) is 0 Å². The molecule has 4 heteroatoms. The Morgan fingerprint density at radius 3 is 2.58 bits per heavy atom. The van der Waals surface area contributed by atoms with E-state index >= 15 is 0 Å². The average Bonchev–Trinajstić information content (AvgIpc) is 2.66. The first-order valence-electron chi connectivity index (χ1n) is 6.34. The van der Waals surface area contributed by atoms with Crippen LogP contribution < -0.4 is 4.74 Å². The number of rotatable bonds is 4. The third kappa shape index (κ3) is 2.30. The van der Waals surface area contributed by atoms with E-state index in [4.69, 9.17) is 4.74 Å². The Labute approximate surface area is 112 Å². The fourth-order valence-electron chi connectivity index (χ4n) is 2.51. The zero-order valence-electron chi connectivity index (χ0n) is 11.7. The minimum absolute atomic E-state index is 0.0335. The predicted molar refractivity (Wildman–Crippen MR) is 74.8 cm³/mol. The van der Waals surface area contributed by atoms with Crippen LogP contribution in [0.15, 0.2) is 18.2 Å². The first kappa shape index (κ1) is 13.5. The standard InChI is InChI=1S/C15H19NO3/c1-8(2)13(15(17)18)14-9(3)11-7-10(19-4)5-6-12(11)16-14/h5-8,13,16H,1-4H3,(H,17,18). The Balaban J connectivity index is 2.61. The Bertz CT molecular complexity index is 613. The van der Waals surface area contributed by atoms with E-state index in [1.165, 1.54) is 0 Å². The number of methoxy groups -OCH3 is 1. The number of carboxylic acid groups (broad SMARTS) is 1. The quantitative estimate of drug-likeness (QED) is 0.887. The lowest BCUT2D eigenvalue weighted by molar-refractivity contribution is -0.140. The number of ether oxygens (including phenoxy) is 1. The highest BCUT2D eigenvalue weighted by atomic mass is 16.5. The maximum absolute atomic E-state index is 11.4. The summed E-state index contributed by atoms with van der Waals surface area (Å²) in [6.45, 7) is 5.79. The minimum Gasteiger partial charge on any atom is -0.497 e. The minimum atomic E-state index is -0.795. The van der Waals surface area contributed by atoms with Crippen LogP contribution in [0.5, 0.6) is 5.75 Å². The summed E-state index contributed by atoms with van der Waals surface area (Å²) in [5.74, 6) is -0.501. The molecule has 0 aliphatic heterocycles. The number of aryl methyl sites for hydroxylation is 1. The van der Waals surface area contributed by atoms with Crippen LogP contribution in [0.3, 0.4) is 0 Å². The molecule has 0 spiro atoms. The van der Waals surface area contributed by atoms with Crippen molar-refractivity contribution in [3.05, 3.63) is 29.5 Å². The lowest BCUT2D eigenvalue weighted by Gasteiger charge is -2.15. The number of nitrogens with one attached hydrogen (secondary N) is 1. The van der Waals surface area contributed by atoms with Crippen molar-refractivity contribution in [2.24, 2.45) is 5.92 Å². The lowest BCUT2D eigenvalue weighted by Crippen LogP contribution is -2.18. The fraction of sp³-hybridized carbons (Fsp3) is 0.400. The van der Waals surface area contributed by atoms with E-state index in [2.05, 4.69) is 4.98 Å². The molecule has 1 unspecified atom stereocenters. The highest BCUT2D eigenvalue weighted by molar-refractivity contribution is 5.88. The number of aromatic amines is 1. The molecule has 2 rings (SSSR count). The third-order valence-electron chi connectivity index (χ3n) is 3.55. The Kier molecular flexibility index (Phi) is 3.51. The van der Waals surface area contributed by atoms with Gasteiger partial charge in [-0.05, 0) is 36.6 Å². The van der Waals surface area contributed by atoms with Crippen molar-refractivity contribution in [2.75, 3.05) is 7.11 Å². The van der Waals surface area contributed by atoms with Crippen LogP contribution in [-0.4, -0.2) is 23.2 Å². The van der Waals surface area contributed by atoms with E-state index in [1.54, 1.807) is 7.11 Å². The number of aromatic nitrogens is 1. The third-order valence-corrected chi connectivity index (χ3v) is 3.55. The monoisotopic (exact) mass is 261 g/mol. The number of hydrogen-bond donors (Lipinski definition) is 2. The van der Waals surface area contributed by atoms with Crippen LogP contribution in [0, 0.1) is 12.8 Å². The van der Waals surface area contributed by atoms with Crippen molar-refractivity contribution in [2.45, 2.75) is 26.7 Å². The summed E-state index contributed by atoms with van der Waals surface area (Å²) in [4.78, 5) is 14.7. The molecular weight excluding hydrogens is 242 g/mol. The average molecular weight is 261 g/mol. The molecule has 0 radical (unpaired) electrons. The summed E-state index contributed by atoms with van der Waals surface area (Å²) in [5, 5.41) is 10.4. The van der Waals surface area contributed by atoms with Crippen molar-refractivity contribution in [1.82, 2.24) is 4.98 Å². The van der Waals surface area contributed by atoms with E-state index < -0.39 is 11.9 Å². The summed E-state index contributed by atoms with van der Waals surface area (Å²) in [6.07, 6.45) is 0. The van der Waals surface area contributed by atoms with Crippen molar-refractivity contribution < 1.29 is 14.6 Å². The normalized spacial score (nSPS) is 12.9. The van der Waals surface area contributed by atoms with Crippen LogP contribution in [0.1, 0.15) is 31.0 Å². The molecule has 0 aliphatic carbocycles. The van der Waals surface area contributed by atoms with Gasteiger partial charge in [0.2, 0.25) is 0 Å². The summed E-state index contributed by atoms with van der Waals surface area (Å²) < 4.78 is 5.21. The lowest BCUT2D eigenvalue weighted by atomic mass is 9.90. The van der Waals surface area contributed by atoms with E-state index in [0.29, 0.717) is 0 Å². The first-order chi connectivity index (χ1) is 8.95. The van der Waals surface area contributed by atoms with Gasteiger partial charge in [-0.2, -0.15) is 0 Å². The van der Waals surface area contributed by atoms with Gasteiger partial charge in [0.05, 0.1) is 13.0 Å². The molecule has 102 valence electrons. The Morgan fingerprint density at radius 1 is 1.37 bits per heavy atom. The molecule has 0 saturated carbocycles. The summed E-state index contributed by atoms with van der Waals surface area (Å²) in [6, 6.07) is 5.72. The summed E-state index contributed by atoms with van der Waals surface area (Å²) in [5.41, 5.74) is 2.71. The van der Waals surface area contributed by atoms with Crippen LogP contribution >= 0.6 is 0 Å². The molecule has 1 aromatic heterocycles. The molecule has 0 fully saturated rings. The van der Waals surface area contributed by atoms with Gasteiger partial charge in [-0.25, -0.2) is 0 Å². The molecule has 1 heterocycles. The van der Waals surface area contributed by atoms with Crippen LogP contribution in [0.25, 0.3) is 10.9 Å². The van der Waals surface area contributed by atoms with Gasteiger partial charge < -0.3 is 14.8 Å². The molecule has 0 saturated heterocycles. The second kappa shape index (κ2) is 4.96. The summed E-state index contributed by atoms with van der Waals surface area (Å²) in [7, 11) is 1.62. The molecule has 0 bridgehead atoms. The van der Waals surface area contributed by atoms with Gasteiger partial charge >= 0.3 is 5.97 Å². The molecule has 1 aromatic carbocycles.